The molecular formula is C7H8N2O3. The Kier molecular flexibility index (Phi) is 2.23. The lowest BCUT2D eigenvalue weighted by molar-refractivity contribution is -0.386. The standard InChI is InChI=1S/C7H8N2O3/c1-5-7(9(10)11)6(12-2)3-4-8-5/h3-4H,1-2H3. The van der Waals surface area contributed by atoms with Gasteiger partial charge in [-0.1, -0.05) is 0 Å². The van der Waals surface area contributed by atoms with Crippen LogP contribution in [0, 0.1) is 17.0 Å². The second kappa shape index (κ2) is 3.17. The highest BCUT2D eigenvalue weighted by atomic mass is 16.6. The van der Waals surface area contributed by atoms with Crippen molar-refractivity contribution in [3.8, 4) is 5.75 Å². The number of methoxy groups -OCH3 is 1. The van der Waals surface area contributed by atoms with E-state index in [2.05, 4.69) is 4.98 Å². The van der Waals surface area contributed by atoms with Crippen LogP contribution in [0.5, 0.6) is 5.75 Å². The maximum absolute atomic E-state index is 10.5. The molecule has 1 heterocycles. The molecule has 0 fully saturated rings. The molecule has 0 saturated heterocycles. The summed E-state index contributed by atoms with van der Waals surface area (Å²) in [5.41, 5.74) is 0.291. The summed E-state index contributed by atoms with van der Waals surface area (Å²) in [6.45, 7) is 1.57. The Morgan fingerprint density at radius 1 is 1.67 bits per heavy atom. The summed E-state index contributed by atoms with van der Waals surface area (Å²) in [4.78, 5) is 13.8. The molecule has 0 spiro atoms. The molecule has 0 aliphatic carbocycles. The molecule has 0 amide bonds. The van der Waals surface area contributed by atoms with Gasteiger partial charge in [0.05, 0.1) is 12.0 Å². The average molecular weight is 168 g/mol. The van der Waals surface area contributed by atoms with Gasteiger partial charge < -0.3 is 4.74 Å². The van der Waals surface area contributed by atoms with Gasteiger partial charge >= 0.3 is 5.69 Å². The number of hydrogen-bond donors (Lipinski definition) is 0. The van der Waals surface area contributed by atoms with Crippen molar-refractivity contribution in [1.29, 1.82) is 0 Å². The summed E-state index contributed by atoms with van der Waals surface area (Å²) in [5, 5.41) is 10.5. The molecule has 0 N–H and O–H groups in total. The molecule has 1 aromatic heterocycles. The summed E-state index contributed by atoms with van der Waals surface area (Å²) in [6, 6.07) is 1.46. The lowest BCUT2D eigenvalue weighted by Crippen LogP contribution is -1.97. The van der Waals surface area contributed by atoms with E-state index in [1.54, 1.807) is 6.92 Å². The zero-order valence-corrected chi connectivity index (χ0v) is 6.77. The number of hydrogen-bond acceptors (Lipinski definition) is 4. The zero-order valence-electron chi connectivity index (χ0n) is 6.77. The maximum Gasteiger partial charge on any atom is 0.331 e. The Morgan fingerprint density at radius 2 is 2.33 bits per heavy atom. The van der Waals surface area contributed by atoms with Gasteiger partial charge in [-0.3, -0.25) is 15.1 Å². The first-order valence-electron chi connectivity index (χ1n) is 3.30. The van der Waals surface area contributed by atoms with Crippen molar-refractivity contribution in [1.82, 2.24) is 4.98 Å². The van der Waals surface area contributed by atoms with E-state index < -0.39 is 4.92 Å². The van der Waals surface area contributed by atoms with Crippen LogP contribution in [0.25, 0.3) is 0 Å². The Bertz CT molecular complexity index is 312. The first-order valence-corrected chi connectivity index (χ1v) is 3.30. The van der Waals surface area contributed by atoms with Crippen LogP contribution < -0.4 is 4.74 Å². The Morgan fingerprint density at radius 3 is 2.75 bits per heavy atom. The smallest absolute Gasteiger partial charge is 0.331 e. The van der Waals surface area contributed by atoms with E-state index in [1.807, 2.05) is 0 Å². The predicted molar refractivity (Wildman–Crippen MR) is 42.2 cm³/mol. The molecule has 1 rings (SSSR count). The average Bonchev–Trinajstić information content (AvgIpc) is 2.03. The van der Waals surface area contributed by atoms with Crippen molar-refractivity contribution in [2.75, 3.05) is 7.11 Å². The monoisotopic (exact) mass is 168 g/mol. The first-order chi connectivity index (χ1) is 5.66. The lowest BCUT2D eigenvalue weighted by atomic mass is 10.3. The van der Waals surface area contributed by atoms with E-state index in [0.29, 0.717) is 5.69 Å². The van der Waals surface area contributed by atoms with Gasteiger partial charge in [0.2, 0.25) is 0 Å². The van der Waals surface area contributed by atoms with Gasteiger partial charge in [-0.25, -0.2) is 0 Å². The summed E-state index contributed by atoms with van der Waals surface area (Å²) < 4.78 is 4.81. The highest BCUT2D eigenvalue weighted by Gasteiger charge is 2.17. The normalized spacial score (nSPS) is 9.50. The topological polar surface area (TPSA) is 65.3 Å². The predicted octanol–water partition coefficient (Wildman–Crippen LogP) is 1.31. The molecular weight excluding hydrogens is 160 g/mol. The minimum atomic E-state index is -0.499. The molecule has 0 aliphatic heterocycles. The summed E-state index contributed by atoms with van der Waals surface area (Å²) >= 11 is 0. The van der Waals surface area contributed by atoms with E-state index in [9.17, 15) is 10.1 Å². The van der Waals surface area contributed by atoms with E-state index in [0.717, 1.165) is 0 Å². The molecule has 0 unspecified atom stereocenters. The fourth-order valence-electron chi connectivity index (χ4n) is 0.922. The fourth-order valence-corrected chi connectivity index (χ4v) is 0.922. The van der Waals surface area contributed by atoms with E-state index in [1.165, 1.54) is 19.4 Å². The number of aromatic nitrogens is 1. The highest BCUT2D eigenvalue weighted by Crippen LogP contribution is 2.27. The molecule has 12 heavy (non-hydrogen) atoms. The molecule has 0 atom stereocenters. The molecule has 1 aromatic rings. The van der Waals surface area contributed by atoms with Gasteiger partial charge in [0, 0.05) is 12.3 Å². The third kappa shape index (κ3) is 1.34. The van der Waals surface area contributed by atoms with Crippen LogP contribution in [-0.4, -0.2) is 17.0 Å². The van der Waals surface area contributed by atoms with Crippen molar-refractivity contribution >= 4 is 5.69 Å². The van der Waals surface area contributed by atoms with Crippen molar-refractivity contribution < 1.29 is 9.66 Å². The molecule has 0 aromatic carbocycles. The Balaban J connectivity index is 3.29. The van der Waals surface area contributed by atoms with Gasteiger partial charge in [0.1, 0.15) is 5.69 Å². The molecule has 0 bridgehead atoms. The number of rotatable bonds is 2. The minimum absolute atomic E-state index is 0.0694. The molecule has 64 valence electrons. The largest absolute Gasteiger partial charge is 0.490 e. The summed E-state index contributed by atoms with van der Waals surface area (Å²) in [7, 11) is 1.39. The van der Waals surface area contributed by atoms with Gasteiger partial charge in [-0.2, -0.15) is 0 Å². The van der Waals surface area contributed by atoms with Crippen molar-refractivity contribution in [3.63, 3.8) is 0 Å². The molecule has 0 aliphatic rings. The third-order valence-electron chi connectivity index (χ3n) is 1.47. The van der Waals surface area contributed by atoms with Crippen molar-refractivity contribution in [3.05, 3.63) is 28.1 Å². The second-order valence-electron chi connectivity index (χ2n) is 2.20. The number of nitrogens with zero attached hydrogens (tertiary/aromatic N) is 2. The van der Waals surface area contributed by atoms with Gasteiger partial charge in [-0.05, 0) is 6.92 Å². The second-order valence-corrected chi connectivity index (χ2v) is 2.20. The van der Waals surface area contributed by atoms with Crippen molar-refractivity contribution in [2.45, 2.75) is 6.92 Å². The van der Waals surface area contributed by atoms with Gasteiger partial charge in [0.15, 0.2) is 5.75 Å². The molecule has 5 heteroatoms. The SMILES string of the molecule is COc1ccnc(C)c1[N+](=O)[O-]. The molecule has 0 radical (unpaired) electrons. The van der Waals surface area contributed by atoms with Crippen LogP contribution in [0.1, 0.15) is 5.69 Å². The Labute approximate surface area is 69.1 Å². The highest BCUT2D eigenvalue weighted by molar-refractivity contribution is 5.48. The van der Waals surface area contributed by atoms with E-state index in [4.69, 9.17) is 4.74 Å². The summed E-state index contributed by atoms with van der Waals surface area (Å²) in [5.74, 6) is 0.243. The van der Waals surface area contributed by atoms with Gasteiger partial charge in [0.25, 0.3) is 0 Å². The molecule has 0 saturated carbocycles. The number of pyridine rings is 1. The maximum atomic E-state index is 10.5. The van der Waals surface area contributed by atoms with Crippen molar-refractivity contribution in [2.24, 2.45) is 0 Å². The quantitative estimate of drug-likeness (QED) is 0.493. The molecule has 5 nitrogen and oxygen atoms in total. The van der Waals surface area contributed by atoms with Crippen LogP contribution in [0.2, 0.25) is 0 Å². The van der Waals surface area contributed by atoms with E-state index in [-0.39, 0.29) is 11.4 Å². The van der Waals surface area contributed by atoms with Crippen LogP contribution in [0.4, 0.5) is 5.69 Å². The number of ether oxygens (including phenoxy) is 1. The van der Waals surface area contributed by atoms with Crippen LogP contribution in [0.3, 0.4) is 0 Å². The van der Waals surface area contributed by atoms with Crippen LogP contribution >= 0.6 is 0 Å². The number of aryl methyl sites for hydroxylation is 1. The first kappa shape index (κ1) is 8.45. The summed E-state index contributed by atoms with van der Waals surface area (Å²) in [6.07, 6.45) is 1.47. The van der Waals surface area contributed by atoms with Gasteiger partial charge in [-0.15, -0.1) is 0 Å². The minimum Gasteiger partial charge on any atom is -0.490 e. The van der Waals surface area contributed by atoms with Crippen LogP contribution in [-0.2, 0) is 0 Å². The number of nitro groups is 1. The third-order valence-corrected chi connectivity index (χ3v) is 1.47. The van der Waals surface area contributed by atoms with E-state index >= 15 is 0 Å². The zero-order chi connectivity index (χ0) is 9.14. The lowest BCUT2D eigenvalue weighted by Gasteiger charge is -2.01. The fraction of sp³-hybridized carbons (Fsp3) is 0.286. The van der Waals surface area contributed by atoms with Crippen LogP contribution in [0.15, 0.2) is 12.3 Å². The Hall–Kier alpha value is -1.65.